The molecule has 4 saturated heterocycles. The molecule has 74 heavy (non-hydrogen) atoms. The van der Waals surface area contributed by atoms with Gasteiger partial charge in [0.25, 0.3) is 0 Å². The zero-order valence-corrected chi connectivity index (χ0v) is 51.7. The molecule has 0 radical (unpaired) electrons. The van der Waals surface area contributed by atoms with Gasteiger partial charge in [0.15, 0.2) is 32.3 Å². The van der Waals surface area contributed by atoms with Gasteiger partial charge in [-0.15, -0.1) is 0 Å². The van der Waals surface area contributed by atoms with Crippen molar-refractivity contribution in [1.82, 2.24) is 0 Å². The molecule has 6 rings (SSSR count). The fourth-order valence-electron chi connectivity index (χ4n) is 11.0. The number of esters is 1. The van der Waals surface area contributed by atoms with Crippen LogP contribution in [0.4, 0.5) is 0 Å². The Kier molecular flexibility index (Phi) is 18.4. The third-order valence-corrected chi connectivity index (χ3v) is 27.9. The van der Waals surface area contributed by atoms with Gasteiger partial charge in [0.05, 0.1) is 64.9 Å². The highest BCUT2D eigenvalue weighted by atomic mass is 32.2. The largest absolute Gasteiger partial charge is 0.497 e. The van der Waals surface area contributed by atoms with Crippen LogP contribution < -0.4 is 4.74 Å². The lowest BCUT2D eigenvalue weighted by atomic mass is 9.88. The topological polar surface area (TPSA) is 134 Å². The minimum atomic E-state index is -3.69. The summed E-state index contributed by atoms with van der Waals surface area (Å²) in [6.45, 7) is 39.2. The Morgan fingerprint density at radius 3 is 2.07 bits per heavy atom. The zero-order chi connectivity index (χ0) is 55.1. The lowest BCUT2D eigenvalue weighted by Crippen LogP contribution is -2.59. The molecule has 2 bridgehead atoms. The number of fused-ring (bicyclic) bond motifs is 2. The third-order valence-electron chi connectivity index (χ3n) is 17.2. The molecule has 0 saturated carbocycles. The smallest absolute Gasteiger partial charge is 0.311 e. The Bertz CT molecular complexity index is 2350. The van der Waals surface area contributed by atoms with Crippen molar-refractivity contribution >= 4 is 32.4 Å². The molecule has 2 aromatic rings. The number of hydrogen-bond donors (Lipinski definition) is 0. The minimum absolute atomic E-state index is 0.104. The highest BCUT2D eigenvalue weighted by Crippen LogP contribution is 2.56. The summed E-state index contributed by atoms with van der Waals surface area (Å²) in [6.07, 6.45) is 4.41. The number of allylic oxidation sites excluding steroid dienone is 1. The molecule has 0 amide bonds. The van der Waals surface area contributed by atoms with Gasteiger partial charge in [0.1, 0.15) is 30.7 Å². The van der Waals surface area contributed by atoms with Gasteiger partial charge in [-0.05, 0) is 158 Å². The summed E-state index contributed by atoms with van der Waals surface area (Å²) in [4.78, 5) is 12.8. The van der Waals surface area contributed by atoms with Gasteiger partial charge in [-0.3, -0.25) is 4.79 Å². The maximum absolute atomic E-state index is 14.2. The van der Waals surface area contributed by atoms with E-state index in [-0.39, 0.29) is 64.5 Å². The first-order chi connectivity index (χ1) is 33.9. The van der Waals surface area contributed by atoms with Crippen LogP contribution in [0.3, 0.4) is 0 Å². The monoisotopic (exact) mass is 1080 g/mol. The van der Waals surface area contributed by atoms with Crippen molar-refractivity contribution in [1.29, 1.82) is 0 Å². The van der Waals surface area contributed by atoms with Crippen molar-refractivity contribution in [3.63, 3.8) is 0 Å². The molecule has 12 nitrogen and oxygen atoms in total. The summed E-state index contributed by atoms with van der Waals surface area (Å²) in [5, 5.41) is -0.293. The molecule has 15 heteroatoms. The van der Waals surface area contributed by atoms with Gasteiger partial charge in [-0.1, -0.05) is 84.9 Å². The van der Waals surface area contributed by atoms with Crippen molar-refractivity contribution in [3.8, 4) is 5.75 Å². The number of rotatable bonds is 21. The maximum atomic E-state index is 14.2. The summed E-state index contributed by atoms with van der Waals surface area (Å²) >= 11 is 0. The number of benzene rings is 2. The molecule has 0 spiro atoms. The van der Waals surface area contributed by atoms with E-state index < -0.39 is 78.9 Å². The Hall–Kier alpha value is -2.45. The summed E-state index contributed by atoms with van der Waals surface area (Å²) in [7, 11) is -7.07. The molecular formula is C59H96O12SSi2. The van der Waals surface area contributed by atoms with E-state index >= 15 is 0 Å². The van der Waals surface area contributed by atoms with Crippen LogP contribution in [0.1, 0.15) is 154 Å². The molecule has 2 aromatic carbocycles. The number of carbonyl (C=O) groups is 1. The molecule has 11 atom stereocenters. The second kappa shape index (κ2) is 22.4. The number of carbonyl (C=O) groups excluding carboxylic acids is 1. The molecule has 418 valence electrons. The first-order valence-electron chi connectivity index (χ1n) is 27.4. The van der Waals surface area contributed by atoms with Crippen LogP contribution in [0.5, 0.6) is 5.75 Å². The Balaban J connectivity index is 1.35. The lowest BCUT2D eigenvalue weighted by Gasteiger charge is -2.48. The van der Waals surface area contributed by atoms with E-state index in [1.807, 2.05) is 58.0 Å². The van der Waals surface area contributed by atoms with Crippen LogP contribution in [0.25, 0.3) is 0 Å². The molecule has 0 aromatic heterocycles. The van der Waals surface area contributed by atoms with Gasteiger partial charge >= 0.3 is 5.97 Å². The quantitative estimate of drug-likeness (QED) is 0.0669. The van der Waals surface area contributed by atoms with Crippen LogP contribution in [-0.2, 0) is 58.5 Å². The molecule has 0 N–H and O–H groups in total. The Labute approximate surface area is 449 Å². The summed E-state index contributed by atoms with van der Waals surface area (Å²) in [5.41, 5.74) is -0.527. The molecule has 4 aliphatic rings. The molecule has 4 aliphatic heterocycles. The van der Waals surface area contributed by atoms with Gasteiger partial charge in [-0.2, -0.15) is 0 Å². The predicted octanol–water partition coefficient (Wildman–Crippen LogP) is 13.3. The minimum Gasteiger partial charge on any atom is -0.497 e. The van der Waals surface area contributed by atoms with E-state index in [4.69, 9.17) is 42.0 Å². The Morgan fingerprint density at radius 2 is 1.47 bits per heavy atom. The van der Waals surface area contributed by atoms with Gasteiger partial charge in [-0.25, -0.2) is 8.42 Å². The molecule has 4 fully saturated rings. The van der Waals surface area contributed by atoms with E-state index in [0.717, 1.165) is 42.6 Å². The summed E-state index contributed by atoms with van der Waals surface area (Å²) in [5.74, 6) is -0.405. The van der Waals surface area contributed by atoms with Crippen LogP contribution in [0, 0.1) is 11.3 Å². The van der Waals surface area contributed by atoms with E-state index in [1.165, 1.54) is 0 Å². The number of hydrogen-bond acceptors (Lipinski definition) is 12. The van der Waals surface area contributed by atoms with E-state index in [1.54, 1.807) is 31.4 Å². The predicted molar refractivity (Wildman–Crippen MR) is 298 cm³/mol. The van der Waals surface area contributed by atoms with Gasteiger partial charge in [0.2, 0.25) is 0 Å². The zero-order valence-electron chi connectivity index (χ0n) is 48.9. The fourth-order valence-corrected chi connectivity index (χ4v) is 15.0. The normalized spacial score (nSPS) is 30.6. The number of methoxy groups -OCH3 is 1. The molecule has 2 unspecified atom stereocenters. The van der Waals surface area contributed by atoms with Crippen LogP contribution >= 0.6 is 0 Å². The lowest BCUT2D eigenvalue weighted by molar-refractivity contribution is -0.363. The van der Waals surface area contributed by atoms with Crippen molar-refractivity contribution in [2.24, 2.45) is 11.3 Å². The SMILES string of the molecule is COc1ccc(CO[C@H]([C@H](CCS(=O)(=O)c2ccccc2)O[Si](C)(C)C(C)(C)C)[C@@]2(C)CC(O[Si](C)(C)C(C)(C)C)[C@@H](C3C[C@]4(C)CC[C@]([C@H]5CC[C@](C)(C[C@@H](C)/C=C(\C)COC(=O)C(C)(C)C)O5)(O3)O4)O2)cc1. The third kappa shape index (κ3) is 14.4. The van der Waals surface area contributed by atoms with Crippen molar-refractivity contribution in [2.45, 2.75) is 255 Å². The van der Waals surface area contributed by atoms with Gasteiger partial charge in [0, 0.05) is 19.3 Å². The van der Waals surface area contributed by atoms with E-state index in [9.17, 15) is 13.2 Å². The van der Waals surface area contributed by atoms with E-state index in [0.29, 0.717) is 19.3 Å². The molecule has 4 heterocycles. The highest BCUT2D eigenvalue weighted by molar-refractivity contribution is 7.91. The van der Waals surface area contributed by atoms with Crippen molar-refractivity contribution in [2.75, 3.05) is 19.5 Å². The van der Waals surface area contributed by atoms with Crippen molar-refractivity contribution < 1.29 is 55.2 Å². The number of sulfone groups is 1. The van der Waals surface area contributed by atoms with Crippen LogP contribution in [0.2, 0.25) is 36.3 Å². The van der Waals surface area contributed by atoms with Gasteiger partial charge < -0.3 is 42.0 Å². The first-order valence-corrected chi connectivity index (χ1v) is 34.9. The van der Waals surface area contributed by atoms with E-state index in [2.05, 4.69) is 102 Å². The second-order valence-corrected chi connectivity index (χ2v) is 38.9. The standard InChI is InChI=1S/C59H96O12SSi2/c1-41(35-42(2)39-65-52(60)53(3,4)5)36-56(12)31-29-49(67-56)59-33-32-57(13,71-59)37-47(66-59)50-48(70-74(18,19)55(9,10)11)38-58(14,68-50)51(64-40-43-25-27-44(63-15)28-26-43)46(69-73(16,17)54(6,7)8)30-34-72(61,62)45-23-21-20-22-24-45/h20-28,35,41,46-51H,29-34,36-40H2,1-19H3/b42-35+/t41-,46-,47?,48?,49+,50+,51+,56+,57-,58+,59-/m0/s1. The summed E-state index contributed by atoms with van der Waals surface area (Å²) in [6, 6.07) is 16.5. The number of ether oxygens (including phenoxy) is 7. The van der Waals surface area contributed by atoms with Crippen LogP contribution in [-0.4, -0.2) is 110 Å². The van der Waals surface area contributed by atoms with Crippen molar-refractivity contribution in [3.05, 3.63) is 71.8 Å². The highest BCUT2D eigenvalue weighted by Gasteiger charge is 2.65. The fraction of sp³-hybridized carbons (Fsp3) is 0.746. The second-order valence-electron chi connectivity index (χ2n) is 27.3. The maximum Gasteiger partial charge on any atom is 0.311 e. The summed E-state index contributed by atoms with van der Waals surface area (Å²) < 4.78 is 91.1. The Morgan fingerprint density at radius 1 is 0.838 bits per heavy atom. The average Bonchev–Trinajstić information content (AvgIpc) is 3.93. The van der Waals surface area contributed by atoms with Crippen LogP contribution in [0.15, 0.2) is 71.1 Å². The first kappa shape index (κ1) is 60.8. The molecular weight excluding hydrogens is 989 g/mol. The molecule has 0 aliphatic carbocycles. The average molecular weight is 1090 g/mol.